The van der Waals surface area contributed by atoms with Crippen molar-refractivity contribution in [1.29, 1.82) is 0 Å². The van der Waals surface area contributed by atoms with Crippen molar-refractivity contribution in [2.24, 2.45) is 0 Å². The minimum Gasteiger partial charge on any atom is -0.400 e. The van der Waals surface area contributed by atoms with E-state index < -0.39 is 18.3 Å². The fourth-order valence-corrected chi connectivity index (χ4v) is 2.88. The van der Waals surface area contributed by atoms with Crippen molar-refractivity contribution >= 4 is 24.1 Å². The van der Waals surface area contributed by atoms with Crippen LogP contribution in [0.15, 0.2) is 34.5 Å². The maximum atomic E-state index is 12.2. The largest absolute Gasteiger partial charge is 0.492 e. The van der Waals surface area contributed by atoms with Crippen LogP contribution in [0.5, 0.6) is 0 Å². The number of benzene rings is 1. The third kappa shape index (κ3) is 3.29. The summed E-state index contributed by atoms with van der Waals surface area (Å²) in [5, 5.41) is 10.4. The summed E-state index contributed by atoms with van der Waals surface area (Å²) in [7, 11) is -0.609. The standard InChI is InChI=1S/C19H24BNO4/c1-12-8-17(23)15-10-13(6-7-16(15)21-12)9-14(11-22)20-24-18(2,3)19(4,5)25-20/h6-10,22H,11H2,1-5H3,(H,21,23). The molecule has 6 heteroatoms. The van der Waals surface area contributed by atoms with E-state index in [1.165, 1.54) is 0 Å². The molecule has 0 saturated carbocycles. The summed E-state index contributed by atoms with van der Waals surface area (Å²) in [4.78, 5) is 15.4. The van der Waals surface area contributed by atoms with Crippen molar-refractivity contribution in [3.8, 4) is 0 Å². The number of H-pyrrole nitrogens is 1. The molecule has 0 aliphatic carbocycles. The second-order valence-corrected chi connectivity index (χ2v) is 7.59. The van der Waals surface area contributed by atoms with Gasteiger partial charge >= 0.3 is 7.12 Å². The van der Waals surface area contributed by atoms with Crippen molar-refractivity contribution in [3.63, 3.8) is 0 Å². The Morgan fingerprint density at radius 1 is 1.20 bits per heavy atom. The molecule has 0 bridgehead atoms. The van der Waals surface area contributed by atoms with Crippen LogP contribution in [0.2, 0.25) is 0 Å². The van der Waals surface area contributed by atoms with E-state index in [-0.39, 0.29) is 12.0 Å². The zero-order valence-corrected chi connectivity index (χ0v) is 15.3. The van der Waals surface area contributed by atoms with E-state index in [1.54, 1.807) is 6.07 Å². The summed E-state index contributed by atoms with van der Waals surface area (Å²) in [5.41, 5.74) is 2.11. The van der Waals surface area contributed by atoms with Crippen molar-refractivity contribution in [1.82, 2.24) is 4.98 Å². The number of nitrogens with one attached hydrogen (secondary N) is 1. The van der Waals surface area contributed by atoms with Crippen LogP contribution in [0.4, 0.5) is 0 Å². The second kappa shape index (κ2) is 6.13. The summed E-state index contributed by atoms with van der Waals surface area (Å²) in [6, 6.07) is 7.17. The van der Waals surface area contributed by atoms with Gasteiger partial charge in [0.2, 0.25) is 0 Å². The zero-order valence-electron chi connectivity index (χ0n) is 15.3. The number of aliphatic hydroxyl groups excluding tert-OH is 1. The Kier molecular flexibility index (Phi) is 4.39. The third-order valence-corrected chi connectivity index (χ3v) is 5.08. The summed E-state index contributed by atoms with van der Waals surface area (Å²) in [6.45, 7) is 9.56. The molecule has 2 N–H and O–H groups in total. The number of pyridine rings is 1. The Balaban J connectivity index is 1.98. The Morgan fingerprint density at radius 3 is 2.44 bits per heavy atom. The van der Waals surface area contributed by atoms with E-state index in [4.69, 9.17) is 9.31 Å². The maximum absolute atomic E-state index is 12.2. The Bertz CT molecular complexity index is 882. The van der Waals surface area contributed by atoms with Gasteiger partial charge in [-0.1, -0.05) is 12.1 Å². The normalized spacial score (nSPS) is 19.6. The minimum atomic E-state index is -0.609. The molecule has 2 aromatic rings. The summed E-state index contributed by atoms with van der Waals surface area (Å²) in [5.74, 6) is 0. The van der Waals surface area contributed by atoms with Gasteiger partial charge in [0.15, 0.2) is 5.43 Å². The van der Waals surface area contributed by atoms with Gasteiger partial charge in [0.05, 0.1) is 17.8 Å². The molecule has 1 aliphatic heterocycles. The number of aryl methyl sites for hydroxylation is 1. The zero-order chi connectivity index (χ0) is 18.4. The van der Waals surface area contributed by atoms with Crippen LogP contribution >= 0.6 is 0 Å². The summed E-state index contributed by atoms with van der Waals surface area (Å²) >= 11 is 0. The number of fused-ring (bicyclic) bond motifs is 1. The molecule has 0 amide bonds. The maximum Gasteiger partial charge on any atom is 0.492 e. The highest BCUT2D eigenvalue weighted by atomic mass is 16.7. The van der Waals surface area contributed by atoms with Crippen molar-refractivity contribution < 1.29 is 14.4 Å². The van der Waals surface area contributed by atoms with Crippen molar-refractivity contribution in [3.05, 3.63) is 51.2 Å². The van der Waals surface area contributed by atoms with Gasteiger partial charge in [-0.25, -0.2) is 0 Å². The van der Waals surface area contributed by atoms with Gasteiger partial charge in [-0.05, 0) is 57.8 Å². The topological polar surface area (TPSA) is 71.6 Å². The predicted octanol–water partition coefficient (Wildman–Crippen LogP) is 2.84. The molecule has 1 aromatic carbocycles. The van der Waals surface area contributed by atoms with Gasteiger partial charge in [-0.3, -0.25) is 4.79 Å². The molecule has 132 valence electrons. The van der Waals surface area contributed by atoms with Gasteiger partial charge in [0, 0.05) is 22.7 Å². The van der Waals surface area contributed by atoms with Gasteiger partial charge in [-0.2, -0.15) is 0 Å². The number of hydrogen-bond donors (Lipinski definition) is 2. The summed E-state index contributed by atoms with van der Waals surface area (Å²) < 4.78 is 12.0. The summed E-state index contributed by atoms with van der Waals surface area (Å²) in [6.07, 6.45) is 1.82. The average molecular weight is 341 g/mol. The van der Waals surface area contributed by atoms with Crippen LogP contribution in [0.25, 0.3) is 17.0 Å². The molecule has 5 nitrogen and oxygen atoms in total. The van der Waals surface area contributed by atoms with Crippen LogP contribution in [-0.4, -0.2) is 35.0 Å². The molecular weight excluding hydrogens is 317 g/mol. The fourth-order valence-electron chi connectivity index (χ4n) is 2.88. The Hall–Kier alpha value is -1.89. The lowest BCUT2D eigenvalue weighted by atomic mass is 9.77. The number of aliphatic hydroxyl groups is 1. The number of rotatable bonds is 3. The smallest absolute Gasteiger partial charge is 0.400 e. The predicted molar refractivity (Wildman–Crippen MR) is 100 cm³/mol. The molecule has 25 heavy (non-hydrogen) atoms. The third-order valence-electron chi connectivity index (χ3n) is 5.08. The minimum absolute atomic E-state index is 0.0253. The van der Waals surface area contributed by atoms with Gasteiger partial charge < -0.3 is 19.4 Å². The first-order valence-corrected chi connectivity index (χ1v) is 8.43. The first-order valence-electron chi connectivity index (χ1n) is 8.43. The molecule has 1 aromatic heterocycles. The van der Waals surface area contributed by atoms with E-state index >= 15 is 0 Å². The monoisotopic (exact) mass is 341 g/mol. The van der Waals surface area contributed by atoms with Crippen LogP contribution < -0.4 is 5.43 Å². The molecule has 1 fully saturated rings. The molecule has 0 atom stereocenters. The van der Waals surface area contributed by atoms with Crippen LogP contribution in [0, 0.1) is 6.92 Å². The highest BCUT2D eigenvalue weighted by Crippen LogP contribution is 2.38. The van der Waals surface area contributed by atoms with Crippen molar-refractivity contribution in [2.75, 3.05) is 6.61 Å². The van der Waals surface area contributed by atoms with Crippen molar-refractivity contribution in [2.45, 2.75) is 45.8 Å². The highest BCUT2D eigenvalue weighted by molar-refractivity contribution is 6.55. The lowest BCUT2D eigenvalue weighted by Gasteiger charge is -2.32. The molecule has 2 heterocycles. The molecule has 0 radical (unpaired) electrons. The van der Waals surface area contributed by atoms with E-state index in [1.807, 2.05) is 58.9 Å². The van der Waals surface area contributed by atoms with Gasteiger partial charge in [0.1, 0.15) is 0 Å². The van der Waals surface area contributed by atoms with Crippen LogP contribution in [-0.2, 0) is 9.31 Å². The molecule has 0 unspecified atom stereocenters. The number of hydrogen-bond acceptors (Lipinski definition) is 4. The molecule has 1 aliphatic rings. The molecule has 1 saturated heterocycles. The molecular formula is C19H24BNO4. The lowest BCUT2D eigenvalue weighted by molar-refractivity contribution is 0.00578. The fraction of sp³-hybridized carbons (Fsp3) is 0.421. The quantitative estimate of drug-likeness (QED) is 0.842. The van der Waals surface area contributed by atoms with Gasteiger partial charge in [-0.15, -0.1) is 0 Å². The first-order chi connectivity index (χ1) is 11.6. The second-order valence-electron chi connectivity index (χ2n) is 7.59. The Morgan fingerprint density at radius 2 is 1.84 bits per heavy atom. The lowest BCUT2D eigenvalue weighted by Crippen LogP contribution is -2.41. The Labute approximate surface area is 147 Å². The highest BCUT2D eigenvalue weighted by Gasteiger charge is 2.52. The number of aromatic amines is 1. The SMILES string of the molecule is Cc1cc(=O)c2cc(C=C(CO)B3OC(C)(C)C(C)(C)O3)ccc2[nH]1. The van der Waals surface area contributed by atoms with E-state index in [0.29, 0.717) is 10.9 Å². The van der Waals surface area contributed by atoms with Crippen LogP contribution in [0.3, 0.4) is 0 Å². The van der Waals surface area contributed by atoms with Gasteiger partial charge in [0.25, 0.3) is 0 Å². The average Bonchev–Trinajstić information content (AvgIpc) is 2.73. The van der Waals surface area contributed by atoms with E-state index in [9.17, 15) is 9.90 Å². The van der Waals surface area contributed by atoms with Crippen LogP contribution in [0.1, 0.15) is 39.0 Å². The van der Waals surface area contributed by atoms with E-state index in [2.05, 4.69) is 4.98 Å². The molecule has 3 rings (SSSR count). The van der Waals surface area contributed by atoms with E-state index in [0.717, 1.165) is 16.8 Å². The number of aromatic nitrogens is 1. The first kappa shape index (κ1) is 17.9. The molecule has 0 spiro atoms.